The molecule has 3 N–H and O–H groups in total. The Labute approximate surface area is 203 Å². The fourth-order valence-corrected chi connectivity index (χ4v) is 3.65. The molecule has 0 saturated carbocycles. The Morgan fingerprint density at radius 2 is 1.85 bits per heavy atom. The largest absolute Gasteiger partial charge is 0.496 e. The molecule has 0 aromatic heterocycles. The number of nitrogens with zero attached hydrogens (tertiary/aromatic N) is 1. The first kappa shape index (κ1) is 24.7. The van der Waals surface area contributed by atoms with Gasteiger partial charge in [-0.2, -0.15) is 5.10 Å². The second-order valence-corrected chi connectivity index (χ2v) is 7.56. The predicted molar refractivity (Wildman–Crippen MR) is 132 cm³/mol. The summed E-state index contributed by atoms with van der Waals surface area (Å²) in [5, 5.41) is 10.4. The molecule has 3 rings (SSSR count). The van der Waals surface area contributed by atoms with Gasteiger partial charge in [0.25, 0.3) is 5.91 Å². The number of esters is 1. The fraction of sp³-hybridized carbons (Fsp3) is 0.250. The van der Waals surface area contributed by atoms with Gasteiger partial charge in [-0.15, -0.1) is 0 Å². The van der Waals surface area contributed by atoms with Crippen LogP contribution >= 0.6 is 12.2 Å². The molecule has 0 spiro atoms. The number of methoxy groups -OCH3 is 1. The van der Waals surface area contributed by atoms with Crippen LogP contribution in [0.15, 0.2) is 64.9 Å². The summed E-state index contributed by atoms with van der Waals surface area (Å²) in [6, 6.07) is 13.8. The van der Waals surface area contributed by atoms with Crippen molar-refractivity contribution in [2.75, 3.05) is 20.3 Å². The van der Waals surface area contributed by atoms with Crippen LogP contribution in [0.5, 0.6) is 11.5 Å². The smallest absolute Gasteiger partial charge is 0.338 e. The van der Waals surface area contributed by atoms with Crippen molar-refractivity contribution >= 4 is 35.4 Å². The summed E-state index contributed by atoms with van der Waals surface area (Å²) in [7, 11) is 1.56. The monoisotopic (exact) mass is 482 g/mol. The molecule has 10 heteroatoms. The highest BCUT2D eigenvalue weighted by atomic mass is 32.1. The first-order chi connectivity index (χ1) is 16.4. The Hall–Kier alpha value is -3.92. The standard InChI is InChI=1S/C24H26N4O5S/c1-4-32-23(30)21-15(2)26-24(34)27-22(21)17-10-6-8-12-19(17)33-14-20(29)28-25-13-16-9-5-7-11-18(16)31-3/h5-13,22H,4,14H2,1-3H3,(H,28,29)(H2,26,27,34)/t22-/m0/s1. The van der Waals surface area contributed by atoms with E-state index in [4.69, 9.17) is 26.4 Å². The minimum absolute atomic E-state index is 0.237. The number of para-hydroxylation sites is 2. The minimum Gasteiger partial charge on any atom is -0.496 e. The zero-order valence-corrected chi connectivity index (χ0v) is 19.9. The van der Waals surface area contributed by atoms with Crippen LogP contribution in [-0.2, 0) is 14.3 Å². The third-order valence-corrected chi connectivity index (χ3v) is 5.10. The van der Waals surface area contributed by atoms with Crippen molar-refractivity contribution in [1.29, 1.82) is 0 Å². The van der Waals surface area contributed by atoms with Crippen molar-refractivity contribution in [3.8, 4) is 11.5 Å². The maximum Gasteiger partial charge on any atom is 0.338 e. The molecule has 1 aliphatic heterocycles. The van der Waals surface area contributed by atoms with Crippen LogP contribution in [0, 0.1) is 0 Å². The van der Waals surface area contributed by atoms with Crippen LogP contribution in [0.3, 0.4) is 0 Å². The van der Waals surface area contributed by atoms with Crippen molar-refractivity contribution in [1.82, 2.24) is 16.1 Å². The third-order valence-electron chi connectivity index (χ3n) is 4.89. The van der Waals surface area contributed by atoms with Crippen LogP contribution < -0.4 is 25.5 Å². The number of allylic oxidation sites excluding steroid dienone is 1. The number of hydrazone groups is 1. The Balaban J connectivity index is 1.72. The highest BCUT2D eigenvalue weighted by molar-refractivity contribution is 7.80. The molecule has 0 radical (unpaired) electrons. The van der Waals surface area contributed by atoms with Crippen molar-refractivity contribution in [2.45, 2.75) is 19.9 Å². The summed E-state index contributed by atoms with van der Waals surface area (Å²) in [4.78, 5) is 24.9. The van der Waals surface area contributed by atoms with Crippen molar-refractivity contribution < 1.29 is 23.8 Å². The number of benzene rings is 2. The van der Waals surface area contributed by atoms with Gasteiger partial charge in [-0.05, 0) is 44.3 Å². The number of ether oxygens (including phenoxy) is 3. The van der Waals surface area contributed by atoms with E-state index in [1.165, 1.54) is 6.21 Å². The number of hydrogen-bond acceptors (Lipinski definition) is 7. The van der Waals surface area contributed by atoms with E-state index >= 15 is 0 Å². The van der Waals surface area contributed by atoms with Gasteiger partial charge in [0.1, 0.15) is 11.5 Å². The number of hydrogen-bond donors (Lipinski definition) is 3. The highest BCUT2D eigenvalue weighted by Crippen LogP contribution is 2.33. The number of thiocarbonyl (C=S) groups is 1. The number of amides is 1. The van der Waals surface area contributed by atoms with E-state index in [1.807, 2.05) is 24.3 Å². The van der Waals surface area contributed by atoms with Gasteiger partial charge in [0.2, 0.25) is 0 Å². The number of rotatable bonds is 9. The first-order valence-corrected chi connectivity index (χ1v) is 11.0. The second kappa shape index (κ2) is 11.8. The molecule has 0 fully saturated rings. The second-order valence-electron chi connectivity index (χ2n) is 7.15. The quantitative estimate of drug-likeness (QED) is 0.217. The van der Waals surface area contributed by atoms with Crippen LogP contribution in [0.2, 0.25) is 0 Å². The minimum atomic E-state index is -0.601. The lowest BCUT2D eigenvalue weighted by molar-refractivity contribution is -0.139. The van der Waals surface area contributed by atoms with Crippen LogP contribution in [0.25, 0.3) is 0 Å². The number of nitrogens with one attached hydrogen (secondary N) is 3. The van der Waals surface area contributed by atoms with Crippen LogP contribution in [0.1, 0.15) is 31.0 Å². The highest BCUT2D eigenvalue weighted by Gasteiger charge is 2.32. The van der Waals surface area contributed by atoms with E-state index in [-0.39, 0.29) is 13.2 Å². The first-order valence-electron chi connectivity index (χ1n) is 10.6. The molecule has 2 aromatic rings. The van der Waals surface area contributed by atoms with Gasteiger partial charge < -0.3 is 24.8 Å². The molecule has 1 amide bonds. The summed E-state index contributed by atoms with van der Waals surface area (Å²) in [5.74, 6) is 0.139. The molecular formula is C24H26N4O5S. The molecule has 1 aliphatic rings. The summed E-state index contributed by atoms with van der Waals surface area (Å²) in [6.45, 7) is 3.44. The molecular weight excluding hydrogens is 456 g/mol. The van der Waals surface area contributed by atoms with Gasteiger partial charge in [-0.25, -0.2) is 10.2 Å². The summed E-state index contributed by atoms with van der Waals surface area (Å²) >= 11 is 5.28. The molecule has 0 saturated heterocycles. The third kappa shape index (κ3) is 6.10. The lowest BCUT2D eigenvalue weighted by Crippen LogP contribution is -2.45. The molecule has 9 nitrogen and oxygen atoms in total. The van der Waals surface area contributed by atoms with Gasteiger partial charge in [0, 0.05) is 16.8 Å². The van der Waals surface area contributed by atoms with Crippen LogP contribution in [-0.4, -0.2) is 43.5 Å². The zero-order chi connectivity index (χ0) is 24.5. The zero-order valence-electron chi connectivity index (χ0n) is 19.1. The van der Waals surface area contributed by atoms with Gasteiger partial charge >= 0.3 is 5.97 Å². The van der Waals surface area contributed by atoms with Crippen LogP contribution in [0.4, 0.5) is 0 Å². The summed E-state index contributed by atoms with van der Waals surface area (Å²) in [5.41, 5.74) is 4.76. The molecule has 34 heavy (non-hydrogen) atoms. The summed E-state index contributed by atoms with van der Waals surface area (Å²) < 4.78 is 16.2. The van der Waals surface area contributed by atoms with Crippen molar-refractivity contribution in [2.24, 2.45) is 5.10 Å². The number of carbonyl (C=O) groups excluding carboxylic acids is 2. The van der Waals surface area contributed by atoms with Crippen molar-refractivity contribution in [3.05, 3.63) is 70.9 Å². The van der Waals surface area contributed by atoms with Gasteiger partial charge in [-0.3, -0.25) is 4.79 Å². The van der Waals surface area contributed by atoms with E-state index in [0.717, 1.165) is 5.56 Å². The molecule has 1 atom stereocenters. The number of carbonyl (C=O) groups is 2. The Bertz CT molecular complexity index is 1130. The van der Waals surface area contributed by atoms with E-state index < -0.39 is 17.9 Å². The van der Waals surface area contributed by atoms with E-state index in [0.29, 0.717) is 33.4 Å². The Morgan fingerprint density at radius 1 is 1.15 bits per heavy atom. The van der Waals surface area contributed by atoms with Crippen molar-refractivity contribution in [3.63, 3.8) is 0 Å². The molecule has 0 aliphatic carbocycles. The fourth-order valence-electron chi connectivity index (χ4n) is 3.38. The molecule has 0 bridgehead atoms. The van der Waals surface area contributed by atoms with E-state index in [1.54, 1.807) is 45.2 Å². The average Bonchev–Trinajstić information content (AvgIpc) is 2.83. The van der Waals surface area contributed by atoms with Gasteiger partial charge in [0.15, 0.2) is 11.7 Å². The normalized spacial score (nSPS) is 15.4. The van der Waals surface area contributed by atoms with E-state index in [9.17, 15) is 9.59 Å². The van der Waals surface area contributed by atoms with E-state index in [2.05, 4.69) is 21.2 Å². The summed E-state index contributed by atoms with van der Waals surface area (Å²) in [6.07, 6.45) is 1.49. The SMILES string of the molecule is CCOC(=O)C1=C(C)NC(=S)N[C@H]1c1ccccc1OCC(=O)NN=Cc1ccccc1OC. The average molecular weight is 483 g/mol. The lowest BCUT2D eigenvalue weighted by Gasteiger charge is -2.30. The maximum absolute atomic E-state index is 12.6. The molecule has 0 unspecified atom stereocenters. The van der Waals surface area contributed by atoms with Gasteiger partial charge in [0.05, 0.1) is 31.5 Å². The molecule has 2 aromatic carbocycles. The topological polar surface area (TPSA) is 110 Å². The maximum atomic E-state index is 12.6. The lowest BCUT2D eigenvalue weighted by atomic mass is 9.95. The molecule has 178 valence electrons. The Morgan fingerprint density at radius 3 is 2.59 bits per heavy atom. The predicted octanol–water partition coefficient (Wildman–Crippen LogP) is 2.58. The van der Waals surface area contributed by atoms with Gasteiger partial charge in [-0.1, -0.05) is 30.3 Å². The Kier molecular flexibility index (Phi) is 8.58. The molecule has 1 heterocycles.